The van der Waals surface area contributed by atoms with E-state index in [4.69, 9.17) is 0 Å². The molecule has 1 aliphatic carbocycles. The van der Waals surface area contributed by atoms with Gasteiger partial charge >= 0.3 is 0 Å². The van der Waals surface area contributed by atoms with Crippen LogP contribution in [0, 0.1) is 17.3 Å². The van der Waals surface area contributed by atoms with Gasteiger partial charge in [0.15, 0.2) is 0 Å². The number of carbonyl (C=O) groups is 1. The molecule has 0 aromatic carbocycles. The van der Waals surface area contributed by atoms with Crippen molar-refractivity contribution in [3.05, 3.63) is 0 Å². The Morgan fingerprint density at radius 2 is 1.57 bits per heavy atom. The number of carbonyl (C=O) groups excluding carboxylic acids is 1. The third-order valence-electron chi connectivity index (χ3n) is 7.17. The summed E-state index contributed by atoms with van der Waals surface area (Å²) in [6.07, 6.45) is 12.4. The lowest BCUT2D eigenvalue weighted by Crippen LogP contribution is -2.44. The molecule has 2 heterocycles. The van der Waals surface area contributed by atoms with E-state index in [-0.39, 0.29) is 5.91 Å². The zero-order valence-electron chi connectivity index (χ0n) is 15.4. The van der Waals surface area contributed by atoms with Crippen LogP contribution in [0.25, 0.3) is 0 Å². The van der Waals surface area contributed by atoms with Gasteiger partial charge in [-0.15, -0.1) is 0 Å². The van der Waals surface area contributed by atoms with Crippen molar-refractivity contribution in [3.8, 4) is 0 Å². The van der Waals surface area contributed by atoms with Crippen LogP contribution < -0.4 is 0 Å². The van der Waals surface area contributed by atoms with Gasteiger partial charge in [0.05, 0.1) is 0 Å². The minimum atomic E-state index is 0.268. The summed E-state index contributed by atoms with van der Waals surface area (Å²) in [6, 6.07) is 0. The Labute approximate surface area is 142 Å². The molecule has 0 N–H and O–H groups in total. The smallest absolute Gasteiger partial charge is 0.219 e. The Hall–Kier alpha value is -0.570. The largest absolute Gasteiger partial charge is 0.343 e. The molecule has 0 unspecified atom stereocenters. The van der Waals surface area contributed by atoms with E-state index in [9.17, 15) is 4.79 Å². The Bertz CT molecular complexity index is 382. The molecule has 0 aromatic rings. The number of rotatable bonds is 3. The van der Waals surface area contributed by atoms with Crippen LogP contribution in [0.4, 0.5) is 0 Å². The molecule has 1 amide bonds. The second-order valence-electron chi connectivity index (χ2n) is 8.76. The van der Waals surface area contributed by atoms with E-state index in [0.29, 0.717) is 5.41 Å². The van der Waals surface area contributed by atoms with E-state index >= 15 is 0 Å². The van der Waals surface area contributed by atoms with Crippen molar-refractivity contribution >= 4 is 5.91 Å². The summed E-state index contributed by atoms with van der Waals surface area (Å²) in [6.45, 7) is 10.1. The first-order chi connectivity index (χ1) is 11.1. The molecule has 0 radical (unpaired) electrons. The second-order valence-corrected chi connectivity index (χ2v) is 8.76. The first-order valence-corrected chi connectivity index (χ1v) is 10.0. The van der Waals surface area contributed by atoms with Crippen molar-refractivity contribution in [3.63, 3.8) is 0 Å². The molecular weight excluding hydrogens is 284 g/mol. The summed E-state index contributed by atoms with van der Waals surface area (Å²) in [5.74, 6) is 2.18. The van der Waals surface area contributed by atoms with Crippen molar-refractivity contribution in [2.45, 2.75) is 71.6 Å². The third-order valence-corrected chi connectivity index (χ3v) is 7.17. The highest BCUT2D eigenvalue weighted by atomic mass is 16.2. The fourth-order valence-electron chi connectivity index (χ4n) is 5.03. The standard InChI is InChI=1S/C20H36N2O/c1-17-5-12-21(13-6-17)14-7-19-3-8-20(9-4-19)10-15-22(16-11-20)18(2)23/h17,19H,3-16H2,1-2H3. The quantitative estimate of drug-likeness (QED) is 0.786. The normalized spacial score (nSPS) is 27.5. The lowest BCUT2D eigenvalue weighted by Gasteiger charge is -2.46. The van der Waals surface area contributed by atoms with Crippen LogP contribution in [0.1, 0.15) is 71.6 Å². The summed E-state index contributed by atoms with van der Waals surface area (Å²) >= 11 is 0. The number of hydrogen-bond donors (Lipinski definition) is 0. The zero-order chi connectivity index (χ0) is 16.3. The predicted octanol–water partition coefficient (Wildman–Crippen LogP) is 3.93. The van der Waals surface area contributed by atoms with E-state index in [1.54, 1.807) is 6.92 Å². The van der Waals surface area contributed by atoms with Crippen molar-refractivity contribution in [2.75, 3.05) is 32.7 Å². The molecule has 23 heavy (non-hydrogen) atoms. The summed E-state index contributed by atoms with van der Waals surface area (Å²) in [5.41, 5.74) is 0.586. The zero-order valence-corrected chi connectivity index (χ0v) is 15.4. The van der Waals surface area contributed by atoms with Gasteiger partial charge in [-0.25, -0.2) is 0 Å². The van der Waals surface area contributed by atoms with Crippen LogP contribution in [0.3, 0.4) is 0 Å². The maximum Gasteiger partial charge on any atom is 0.219 e. The molecule has 1 saturated carbocycles. The van der Waals surface area contributed by atoms with Gasteiger partial charge in [0.25, 0.3) is 0 Å². The topological polar surface area (TPSA) is 23.6 Å². The maximum atomic E-state index is 11.5. The van der Waals surface area contributed by atoms with Gasteiger partial charge in [-0.2, -0.15) is 0 Å². The Morgan fingerprint density at radius 1 is 0.957 bits per heavy atom. The molecule has 3 heteroatoms. The van der Waals surface area contributed by atoms with Crippen LogP contribution in [0.15, 0.2) is 0 Å². The second kappa shape index (κ2) is 7.55. The Balaban J connectivity index is 1.36. The minimum absolute atomic E-state index is 0.268. The molecule has 2 aliphatic heterocycles. The number of piperidine rings is 2. The summed E-state index contributed by atoms with van der Waals surface area (Å²) in [7, 11) is 0. The molecule has 0 aromatic heterocycles. The molecule has 0 bridgehead atoms. The number of nitrogens with zero attached hydrogens (tertiary/aromatic N) is 2. The highest BCUT2D eigenvalue weighted by molar-refractivity contribution is 5.73. The molecule has 3 nitrogen and oxygen atoms in total. The van der Waals surface area contributed by atoms with Gasteiger partial charge in [0, 0.05) is 20.0 Å². The lowest BCUT2D eigenvalue weighted by atomic mass is 9.65. The van der Waals surface area contributed by atoms with Gasteiger partial charge in [-0.05, 0) is 94.7 Å². The van der Waals surface area contributed by atoms with E-state index in [1.165, 1.54) is 77.4 Å². The van der Waals surface area contributed by atoms with Gasteiger partial charge in [-0.3, -0.25) is 4.79 Å². The molecule has 0 atom stereocenters. The monoisotopic (exact) mass is 320 g/mol. The summed E-state index contributed by atoms with van der Waals surface area (Å²) < 4.78 is 0. The average Bonchev–Trinajstić information content (AvgIpc) is 2.56. The van der Waals surface area contributed by atoms with Gasteiger partial charge in [0.2, 0.25) is 5.91 Å². The molecule has 2 saturated heterocycles. The van der Waals surface area contributed by atoms with E-state index < -0.39 is 0 Å². The van der Waals surface area contributed by atoms with E-state index in [0.717, 1.165) is 24.9 Å². The van der Waals surface area contributed by atoms with Crippen LogP contribution in [-0.4, -0.2) is 48.4 Å². The van der Waals surface area contributed by atoms with Crippen LogP contribution >= 0.6 is 0 Å². The highest BCUT2D eigenvalue weighted by Crippen LogP contribution is 2.47. The van der Waals surface area contributed by atoms with Crippen LogP contribution in [0.2, 0.25) is 0 Å². The Kier molecular flexibility index (Phi) is 5.66. The summed E-state index contributed by atoms with van der Waals surface area (Å²) in [5, 5.41) is 0. The maximum absolute atomic E-state index is 11.5. The summed E-state index contributed by atoms with van der Waals surface area (Å²) in [4.78, 5) is 16.3. The molecule has 3 aliphatic rings. The van der Waals surface area contributed by atoms with Crippen molar-refractivity contribution in [1.29, 1.82) is 0 Å². The minimum Gasteiger partial charge on any atom is -0.343 e. The number of hydrogen-bond acceptors (Lipinski definition) is 2. The van der Waals surface area contributed by atoms with Crippen molar-refractivity contribution in [2.24, 2.45) is 17.3 Å². The number of likely N-dealkylation sites (tertiary alicyclic amines) is 2. The van der Waals surface area contributed by atoms with Crippen LogP contribution in [-0.2, 0) is 4.79 Å². The van der Waals surface area contributed by atoms with E-state index in [1.807, 2.05) is 0 Å². The molecule has 1 spiro atoms. The Morgan fingerprint density at radius 3 is 2.13 bits per heavy atom. The molecule has 3 rings (SSSR count). The highest BCUT2D eigenvalue weighted by Gasteiger charge is 2.38. The van der Waals surface area contributed by atoms with Gasteiger partial charge in [0.1, 0.15) is 0 Å². The number of amides is 1. The van der Waals surface area contributed by atoms with Gasteiger partial charge < -0.3 is 9.80 Å². The van der Waals surface area contributed by atoms with Crippen LogP contribution in [0.5, 0.6) is 0 Å². The molecule has 132 valence electrons. The first kappa shape index (κ1) is 17.3. The fraction of sp³-hybridized carbons (Fsp3) is 0.950. The van der Waals surface area contributed by atoms with Crippen molar-refractivity contribution in [1.82, 2.24) is 9.80 Å². The van der Waals surface area contributed by atoms with Crippen molar-refractivity contribution < 1.29 is 4.79 Å². The average molecular weight is 321 g/mol. The lowest BCUT2D eigenvalue weighted by molar-refractivity contribution is -0.131. The fourth-order valence-corrected chi connectivity index (χ4v) is 5.03. The third kappa shape index (κ3) is 4.49. The van der Waals surface area contributed by atoms with Gasteiger partial charge in [-0.1, -0.05) is 6.92 Å². The first-order valence-electron chi connectivity index (χ1n) is 10.0. The molecule has 3 fully saturated rings. The predicted molar refractivity (Wildman–Crippen MR) is 95.3 cm³/mol. The SMILES string of the molecule is CC(=O)N1CCC2(CCC(CCN3CCC(C)CC3)CC2)CC1. The molecular formula is C20H36N2O. The van der Waals surface area contributed by atoms with E-state index in [2.05, 4.69) is 16.7 Å².